The summed E-state index contributed by atoms with van der Waals surface area (Å²) in [5, 5.41) is 12.0. The summed E-state index contributed by atoms with van der Waals surface area (Å²) in [4.78, 5) is 0. The summed E-state index contributed by atoms with van der Waals surface area (Å²) in [5.41, 5.74) is 0. The molecule has 6 N–H and O–H groups in total. The second kappa shape index (κ2) is 53.2. The molecule has 0 aromatic carbocycles. The van der Waals surface area contributed by atoms with Gasteiger partial charge < -0.3 is 5.48 Å². The van der Waals surface area contributed by atoms with E-state index in [1.165, 1.54) is 0 Å². The topological polar surface area (TPSA) is 147 Å². The van der Waals surface area contributed by atoms with Gasteiger partial charge in [-0.3, -0.25) is 19.6 Å². The van der Waals surface area contributed by atoms with Crippen molar-refractivity contribution in [1.82, 2.24) is 0 Å². The lowest BCUT2D eigenvalue weighted by Gasteiger charge is -1.68. The van der Waals surface area contributed by atoms with Gasteiger partial charge in [-0.05, 0) is 0 Å². The van der Waals surface area contributed by atoms with Gasteiger partial charge in [0.2, 0.25) is 0 Å². The maximum Gasteiger partial charge on any atom is 0.394 e. The van der Waals surface area contributed by atoms with E-state index in [0.29, 0.717) is 0 Å². The Kier molecular flexibility index (Phi) is 187. The summed E-state index contributed by atoms with van der Waals surface area (Å²) in [6.45, 7) is 8.00. The summed E-state index contributed by atoms with van der Waals surface area (Å²) in [7, 11) is -4.67. The van der Waals surface area contributed by atoms with Crippen LogP contribution in [-0.2, 0) is 10.4 Å². The van der Waals surface area contributed by atoms with Crippen LogP contribution in [0.3, 0.4) is 0 Å². The van der Waals surface area contributed by atoms with Crippen LogP contribution in [0.1, 0.15) is 42.5 Å². The molecule has 7 nitrogen and oxygen atoms in total. The second-order valence-electron chi connectivity index (χ2n) is 0.448. The highest BCUT2D eigenvalue weighted by atomic mass is 32.3. The molecule has 0 atom stereocenters. The zero-order valence-corrected chi connectivity index (χ0v) is 8.33. The molecule has 0 saturated heterocycles. The highest BCUT2D eigenvalue weighted by molar-refractivity contribution is 7.79. The van der Waals surface area contributed by atoms with E-state index in [9.17, 15) is 0 Å². The fourth-order valence-corrected chi connectivity index (χ4v) is 0. The Hall–Kier alpha value is -0.250. The van der Waals surface area contributed by atoms with Crippen LogP contribution in [0, 0.1) is 0 Å². The number of hydrogen-bond donors (Lipinski definition) is 4. The minimum absolute atomic E-state index is 0. The van der Waals surface area contributed by atoms with Crippen molar-refractivity contribution in [2.75, 3.05) is 0 Å². The number of rotatable bonds is 0. The summed E-state index contributed by atoms with van der Waals surface area (Å²) in [6.07, 6.45) is 0. The van der Waals surface area contributed by atoms with Crippen LogP contribution in [0.5, 0.6) is 0 Å². The predicted octanol–water partition coefficient (Wildman–Crippen LogP) is 1.86. The first-order valence-electron chi connectivity index (χ1n) is 2.90. The average Bonchev–Trinajstić information content (AvgIpc) is 1.96. The Morgan fingerprint density at radius 3 is 0.786 bits per heavy atom. The first-order chi connectivity index (χ1) is 5.00. The maximum absolute atomic E-state index is 8.74. The Morgan fingerprint density at radius 2 is 0.786 bits per heavy atom. The van der Waals surface area contributed by atoms with Crippen molar-refractivity contribution in [3.63, 3.8) is 0 Å². The van der Waals surface area contributed by atoms with Gasteiger partial charge in [-0.15, -0.1) is 0 Å². The molecule has 0 fully saturated rings. The molecule has 0 unspecified atom stereocenters. The second-order valence-corrected chi connectivity index (χ2v) is 1.34. The van der Waals surface area contributed by atoms with Gasteiger partial charge in [-0.25, -0.2) is 0 Å². The molecule has 0 aliphatic carbocycles. The third-order valence-electron chi connectivity index (χ3n) is 0. The van der Waals surface area contributed by atoms with E-state index < -0.39 is 10.4 Å². The van der Waals surface area contributed by atoms with Crippen LogP contribution < -0.4 is 0 Å². The lowest BCUT2D eigenvalue weighted by Crippen LogP contribution is -1.89. The van der Waals surface area contributed by atoms with Crippen LogP contribution in [0.2, 0.25) is 0 Å². The highest BCUT2D eigenvalue weighted by Crippen LogP contribution is 1.59. The van der Waals surface area contributed by atoms with Gasteiger partial charge in [0.15, 0.2) is 0 Å². The van der Waals surface area contributed by atoms with E-state index in [1.54, 1.807) is 0 Å². The first-order valence-corrected chi connectivity index (χ1v) is 4.30. The quantitative estimate of drug-likeness (QED) is 0.289. The normalized spacial score (nSPS) is 5.43. The molecule has 0 amide bonds. The lowest BCUT2D eigenvalue weighted by molar-refractivity contribution is -0.176. The van der Waals surface area contributed by atoms with Crippen molar-refractivity contribution >= 4 is 10.4 Å². The molecule has 0 radical (unpaired) electrons. The van der Waals surface area contributed by atoms with Gasteiger partial charge in [0, 0.05) is 0 Å². The summed E-state index contributed by atoms with van der Waals surface area (Å²) in [5.74, 6) is 0. The molecule has 98 valence electrons. The van der Waals surface area contributed by atoms with E-state index in [-0.39, 0.29) is 20.3 Å². The van der Waals surface area contributed by atoms with Gasteiger partial charge in [0.25, 0.3) is 0 Å². The van der Waals surface area contributed by atoms with Crippen molar-refractivity contribution in [3.8, 4) is 0 Å². The molecule has 0 heterocycles. The van der Waals surface area contributed by atoms with Crippen LogP contribution in [0.15, 0.2) is 0 Å². The van der Waals surface area contributed by atoms with Crippen molar-refractivity contribution in [2.24, 2.45) is 0 Å². The molecule has 0 saturated carbocycles. The lowest BCUT2D eigenvalue weighted by atomic mass is 11.0. The van der Waals surface area contributed by atoms with E-state index >= 15 is 0 Å². The third-order valence-corrected chi connectivity index (χ3v) is 0. The van der Waals surface area contributed by atoms with Crippen LogP contribution in [0.25, 0.3) is 0 Å². The standard InChI is InChI=1S/2C2H6.2CH4.H2O4S.H2O2.H2O/c2*1-2;;;1-5(2,3)4;1-2;/h2*1-2H3;2*1H4;(H2,1,2,3,4);1-2H;1H2. The molecule has 0 rings (SSSR count). The molecular weight excluding hydrogens is 216 g/mol. The minimum atomic E-state index is -4.67. The fraction of sp³-hybridized carbons (Fsp3) is 1.00. The van der Waals surface area contributed by atoms with Crippen molar-refractivity contribution < 1.29 is 33.5 Å². The molecule has 0 aromatic heterocycles. The van der Waals surface area contributed by atoms with Gasteiger partial charge in [-0.1, -0.05) is 42.5 Å². The summed E-state index contributed by atoms with van der Waals surface area (Å²) < 4.78 is 31.6. The Morgan fingerprint density at radius 1 is 0.786 bits per heavy atom. The summed E-state index contributed by atoms with van der Waals surface area (Å²) >= 11 is 0. The predicted molar refractivity (Wildman–Crippen MR) is 59.2 cm³/mol. The first kappa shape index (κ1) is 49.1. The molecule has 8 heteroatoms. The maximum atomic E-state index is 8.74. The zero-order valence-electron chi connectivity index (χ0n) is 7.51. The Bertz CT molecular complexity index is 101. The monoisotopic (exact) mass is 242 g/mol. The largest absolute Gasteiger partial charge is 0.412 e. The number of hydrogen-bond acceptors (Lipinski definition) is 4. The fourth-order valence-electron chi connectivity index (χ4n) is 0. The average molecular weight is 242 g/mol. The van der Waals surface area contributed by atoms with Gasteiger partial charge in [0.05, 0.1) is 0 Å². The van der Waals surface area contributed by atoms with Crippen LogP contribution in [-0.4, -0.2) is 33.5 Å². The third kappa shape index (κ3) is 21700. The molecule has 0 bridgehead atoms. The molecule has 0 aliphatic rings. The van der Waals surface area contributed by atoms with Crippen LogP contribution >= 0.6 is 0 Å². The Balaban J connectivity index is -0.00000000972. The highest BCUT2D eigenvalue weighted by Gasteiger charge is 1.84. The van der Waals surface area contributed by atoms with Crippen molar-refractivity contribution in [3.05, 3.63) is 0 Å². The van der Waals surface area contributed by atoms with E-state index in [2.05, 4.69) is 0 Å². The van der Waals surface area contributed by atoms with Crippen molar-refractivity contribution in [2.45, 2.75) is 42.5 Å². The smallest absolute Gasteiger partial charge is 0.394 e. The molecule has 0 aliphatic heterocycles. The zero-order chi connectivity index (χ0) is 10.5. The molecular formula is C6H26O7S. The van der Waals surface area contributed by atoms with Crippen LogP contribution in [0.4, 0.5) is 0 Å². The molecule has 14 heavy (non-hydrogen) atoms. The van der Waals surface area contributed by atoms with Crippen molar-refractivity contribution in [1.29, 1.82) is 0 Å². The van der Waals surface area contributed by atoms with Gasteiger partial charge in [-0.2, -0.15) is 8.42 Å². The van der Waals surface area contributed by atoms with E-state index in [4.69, 9.17) is 28.0 Å². The van der Waals surface area contributed by atoms with E-state index in [0.717, 1.165) is 0 Å². The SMILES string of the molecule is C.C.CC.CC.O.O=S(=O)(O)O.OO. The molecule has 0 aromatic rings. The summed E-state index contributed by atoms with van der Waals surface area (Å²) in [6, 6.07) is 0. The van der Waals surface area contributed by atoms with Gasteiger partial charge in [0.1, 0.15) is 0 Å². The Labute approximate surface area is 87.2 Å². The molecule has 0 spiro atoms. The van der Waals surface area contributed by atoms with Gasteiger partial charge >= 0.3 is 10.4 Å². The van der Waals surface area contributed by atoms with E-state index in [1.807, 2.05) is 27.7 Å². The minimum Gasteiger partial charge on any atom is -0.412 e.